The van der Waals surface area contributed by atoms with Gasteiger partial charge in [0.15, 0.2) is 0 Å². The predicted octanol–water partition coefficient (Wildman–Crippen LogP) is 4.01. The monoisotopic (exact) mass is 324 g/mol. The van der Waals surface area contributed by atoms with Crippen LogP contribution in [0, 0.1) is 13.8 Å². The van der Waals surface area contributed by atoms with Gasteiger partial charge in [-0.25, -0.2) is 4.98 Å². The number of ether oxygens (including phenoxy) is 1. The third kappa shape index (κ3) is 4.99. The lowest BCUT2D eigenvalue weighted by Crippen LogP contribution is -2.36. The smallest absolute Gasteiger partial charge is 0.120 e. The number of halogens is 1. The van der Waals surface area contributed by atoms with Gasteiger partial charge in [-0.15, -0.1) is 11.3 Å². The number of aryl methyl sites for hydroxylation is 2. The van der Waals surface area contributed by atoms with Gasteiger partial charge in [0.1, 0.15) is 12.4 Å². The molecule has 0 spiro atoms. The molecular weight excluding hydrogens is 304 g/mol. The molecular formula is C16H21ClN2OS. The SMILES string of the molecule is CCNC(COc1cccc(Cl)c1)Cc1nc(C)c(C)s1. The summed E-state index contributed by atoms with van der Waals surface area (Å²) in [6.07, 6.45) is 0.883. The van der Waals surface area contributed by atoms with Gasteiger partial charge in [-0.05, 0) is 38.6 Å². The van der Waals surface area contributed by atoms with Crippen LogP contribution in [0.15, 0.2) is 24.3 Å². The van der Waals surface area contributed by atoms with Crippen molar-refractivity contribution < 1.29 is 4.74 Å². The van der Waals surface area contributed by atoms with E-state index < -0.39 is 0 Å². The standard InChI is InChI=1S/C16H21ClN2OS/c1-4-18-14(9-16-19-11(2)12(3)21-16)10-20-15-7-5-6-13(17)8-15/h5-8,14,18H,4,9-10H2,1-3H3. The normalized spacial score (nSPS) is 12.4. The van der Waals surface area contributed by atoms with E-state index in [1.165, 1.54) is 4.88 Å². The number of nitrogens with one attached hydrogen (secondary N) is 1. The van der Waals surface area contributed by atoms with Crippen molar-refractivity contribution in [3.8, 4) is 5.75 Å². The lowest BCUT2D eigenvalue weighted by Gasteiger charge is -2.17. The molecule has 5 heteroatoms. The number of benzene rings is 1. The summed E-state index contributed by atoms with van der Waals surface area (Å²) in [6.45, 7) is 7.78. The highest BCUT2D eigenvalue weighted by Crippen LogP contribution is 2.20. The van der Waals surface area contributed by atoms with Crippen molar-refractivity contribution in [2.24, 2.45) is 0 Å². The van der Waals surface area contributed by atoms with Crippen LogP contribution in [0.1, 0.15) is 22.5 Å². The molecule has 0 aliphatic heterocycles. The van der Waals surface area contributed by atoms with Crippen molar-refractivity contribution in [3.63, 3.8) is 0 Å². The number of likely N-dealkylation sites (N-methyl/N-ethyl adjacent to an activating group) is 1. The first kappa shape index (κ1) is 16.3. The van der Waals surface area contributed by atoms with E-state index in [0.717, 1.165) is 29.4 Å². The summed E-state index contributed by atoms with van der Waals surface area (Å²) < 4.78 is 5.84. The highest BCUT2D eigenvalue weighted by atomic mass is 35.5. The fourth-order valence-corrected chi connectivity index (χ4v) is 3.26. The second-order valence-corrected chi connectivity index (χ2v) is 6.70. The Morgan fingerprint density at radius 2 is 2.19 bits per heavy atom. The minimum absolute atomic E-state index is 0.249. The summed E-state index contributed by atoms with van der Waals surface area (Å²) in [6, 6.07) is 7.75. The summed E-state index contributed by atoms with van der Waals surface area (Å²) in [5.74, 6) is 0.803. The molecule has 1 unspecified atom stereocenters. The largest absolute Gasteiger partial charge is 0.492 e. The maximum absolute atomic E-state index is 5.97. The van der Waals surface area contributed by atoms with Crippen molar-refractivity contribution in [1.82, 2.24) is 10.3 Å². The first-order valence-electron chi connectivity index (χ1n) is 7.13. The van der Waals surface area contributed by atoms with E-state index in [1.54, 1.807) is 11.3 Å². The fourth-order valence-electron chi connectivity index (χ4n) is 2.07. The van der Waals surface area contributed by atoms with Crippen molar-refractivity contribution in [1.29, 1.82) is 0 Å². The van der Waals surface area contributed by atoms with Crippen LogP contribution in [0.5, 0.6) is 5.75 Å². The van der Waals surface area contributed by atoms with Crippen molar-refractivity contribution in [2.75, 3.05) is 13.2 Å². The van der Waals surface area contributed by atoms with Crippen LogP contribution in [0.4, 0.5) is 0 Å². The summed E-state index contributed by atoms with van der Waals surface area (Å²) in [5, 5.41) is 5.30. The quantitative estimate of drug-likeness (QED) is 0.835. The molecule has 0 aliphatic rings. The van der Waals surface area contributed by atoms with Crippen LogP contribution >= 0.6 is 22.9 Å². The van der Waals surface area contributed by atoms with Crippen LogP contribution in [0.3, 0.4) is 0 Å². The number of aromatic nitrogens is 1. The molecule has 114 valence electrons. The van der Waals surface area contributed by atoms with Crippen LogP contribution in [0.2, 0.25) is 5.02 Å². The molecule has 0 saturated carbocycles. The predicted molar refractivity (Wildman–Crippen MR) is 89.7 cm³/mol. The Kier molecular flexibility index (Phi) is 6.03. The molecule has 2 rings (SSSR count). The summed E-state index contributed by atoms with van der Waals surface area (Å²) in [5.41, 5.74) is 1.13. The third-order valence-corrected chi connectivity index (χ3v) is 4.56. The molecule has 1 N–H and O–H groups in total. The minimum atomic E-state index is 0.249. The van der Waals surface area contributed by atoms with Crippen molar-refractivity contribution in [3.05, 3.63) is 44.9 Å². The maximum atomic E-state index is 5.97. The second-order valence-electron chi connectivity index (χ2n) is 4.98. The van der Waals surface area contributed by atoms with E-state index in [0.29, 0.717) is 11.6 Å². The van der Waals surface area contributed by atoms with Crippen molar-refractivity contribution in [2.45, 2.75) is 33.2 Å². The lowest BCUT2D eigenvalue weighted by atomic mass is 10.2. The van der Waals surface area contributed by atoms with E-state index in [2.05, 4.69) is 31.1 Å². The molecule has 2 aromatic rings. The van der Waals surface area contributed by atoms with Gasteiger partial charge >= 0.3 is 0 Å². The Morgan fingerprint density at radius 1 is 1.38 bits per heavy atom. The van der Waals surface area contributed by atoms with Gasteiger partial charge in [0, 0.05) is 22.4 Å². The molecule has 1 heterocycles. The highest BCUT2D eigenvalue weighted by Gasteiger charge is 2.13. The molecule has 0 aliphatic carbocycles. The molecule has 1 atom stereocenters. The summed E-state index contributed by atoms with van der Waals surface area (Å²) >= 11 is 7.73. The summed E-state index contributed by atoms with van der Waals surface area (Å²) in [7, 11) is 0. The topological polar surface area (TPSA) is 34.1 Å². The van der Waals surface area contributed by atoms with Gasteiger partial charge in [-0.3, -0.25) is 0 Å². The van der Waals surface area contributed by atoms with Crippen LogP contribution in [0.25, 0.3) is 0 Å². The minimum Gasteiger partial charge on any atom is -0.492 e. The molecule has 0 radical (unpaired) electrons. The van der Waals surface area contributed by atoms with Gasteiger partial charge in [0.25, 0.3) is 0 Å². The number of rotatable bonds is 7. The fraction of sp³-hybridized carbons (Fsp3) is 0.438. The van der Waals surface area contributed by atoms with E-state index in [1.807, 2.05) is 24.3 Å². The number of nitrogens with zero attached hydrogens (tertiary/aromatic N) is 1. The average Bonchev–Trinajstić information content (AvgIpc) is 2.75. The van der Waals surface area contributed by atoms with E-state index in [-0.39, 0.29) is 6.04 Å². The van der Waals surface area contributed by atoms with Crippen LogP contribution in [-0.2, 0) is 6.42 Å². The molecule has 1 aromatic heterocycles. The zero-order valence-electron chi connectivity index (χ0n) is 12.6. The Labute approximate surface area is 135 Å². The number of hydrogen-bond acceptors (Lipinski definition) is 4. The average molecular weight is 325 g/mol. The molecule has 1 aromatic carbocycles. The van der Waals surface area contributed by atoms with E-state index >= 15 is 0 Å². The summed E-state index contributed by atoms with van der Waals surface area (Å²) in [4.78, 5) is 5.89. The third-order valence-electron chi connectivity index (χ3n) is 3.23. The first-order valence-corrected chi connectivity index (χ1v) is 8.32. The zero-order chi connectivity index (χ0) is 15.2. The van der Waals surface area contributed by atoms with Crippen molar-refractivity contribution >= 4 is 22.9 Å². The second kappa shape index (κ2) is 7.78. The Hall–Kier alpha value is -1.10. The molecule has 0 bridgehead atoms. The van der Waals surface area contributed by atoms with Gasteiger partial charge in [0.2, 0.25) is 0 Å². The first-order chi connectivity index (χ1) is 10.1. The Bertz CT molecular complexity index is 566. The molecule has 3 nitrogen and oxygen atoms in total. The van der Waals surface area contributed by atoms with Gasteiger partial charge in [0.05, 0.1) is 10.7 Å². The van der Waals surface area contributed by atoms with E-state index in [9.17, 15) is 0 Å². The van der Waals surface area contributed by atoms with Gasteiger partial charge in [-0.2, -0.15) is 0 Å². The van der Waals surface area contributed by atoms with Gasteiger partial charge < -0.3 is 10.1 Å². The Morgan fingerprint density at radius 3 is 2.81 bits per heavy atom. The highest BCUT2D eigenvalue weighted by molar-refractivity contribution is 7.11. The number of thiazole rings is 1. The van der Waals surface area contributed by atoms with E-state index in [4.69, 9.17) is 16.3 Å². The van der Waals surface area contributed by atoms with Crippen LogP contribution in [-0.4, -0.2) is 24.2 Å². The van der Waals surface area contributed by atoms with Gasteiger partial charge in [-0.1, -0.05) is 24.6 Å². The lowest BCUT2D eigenvalue weighted by molar-refractivity contribution is 0.264. The maximum Gasteiger partial charge on any atom is 0.120 e. The number of hydrogen-bond donors (Lipinski definition) is 1. The zero-order valence-corrected chi connectivity index (χ0v) is 14.2. The Balaban J connectivity index is 1.95. The molecule has 0 saturated heterocycles. The van der Waals surface area contributed by atoms with Crippen LogP contribution < -0.4 is 10.1 Å². The molecule has 0 fully saturated rings. The molecule has 0 amide bonds. The molecule has 21 heavy (non-hydrogen) atoms.